The van der Waals surface area contributed by atoms with Crippen LogP contribution >= 0.6 is 85.4 Å². The van der Waals surface area contributed by atoms with Gasteiger partial charge in [-0.15, -0.1) is 0 Å². The third-order valence-corrected chi connectivity index (χ3v) is 11.7. The summed E-state index contributed by atoms with van der Waals surface area (Å²) < 4.78 is 2.12. The number of amides is 3. The Kier molecular flexibility index (Phi) is 8.25. The van der Waals surface area contributed by atoms with Crippen LogP contribution in [0.2, 0.25) is 20.1 Å². The fourth-order valence-electron chi connectivity index (χ4n) is 5.11. The molecule has 6 rings (SSSR count). The van der Waals surface area contributed by atoms with E-state index in [-0.39, 0.29) is 21.6 Å². The zero-order valence-corrected chi connectivity index (χ0v) is 27.2. The van der Waals surface area contributed by atoms with Crippen molar-refractivity contribution in [3.63, 3.8) is 0 Å². The SMILES string of the molecule is O=C(Cn1c2c(sc1=O)[C@@H](c1cccc(Cl)c1Cl)[C@@H]1C(=O)N(c3ccc(Br)cc3)C(=O)[C@@H]1S2)Nc1ccc(Cl)c(Cl)c1. The largest absolute Gasteiger partial charge is 0.324 e. The van der Waals surface area contributed by atoms with Crippen LogP contribution in [0.3, 0.4) is 0 Å². The Bertz CT molecular complexity index is 1850. The molecule has 3 atom stereocenters. The first-order valence-electron chi connectivity index (χ1n) is 12.3. The quantitative estimate of drug-likeness (QED) is 0.212. The van der Waals surface area contributed by atoms with Crippen LogP contribution in [0.4, 0.5) is 11.4 Å². The normalized spacial score (nSPS) is 19.5. The Morgan fingerprint density at radius 1 is 0.905 bits per heavy atom. The highest BCUT2D eigenvalue weighted by Gasteiger charge is 2.57. The first kappa shape index (κ1) is 29.7. The highest BCUT2D eigenvalue weighted by molar-refractivity contribution is 9.10. The second kappa shape index (κ2) is 11.6. The molecule has 4 aromatic rings. The monoisotopic (exact) mass is 741 g/mol. The summed E-state index contributed by atoms with van der Waals surface area (Å²) >= 11 is 30.5. The maximum Gasteiger partial charge on any atom is 0.308 e. The van der Waals surface area contributed by atoms with Crippen molar-refractivity contribution in [2.24, 2.45) is 5.92 Å². The van der Waals surface area contributed by atoms with Crippen molar-refractivity contribution in [1.82, 2.24) is 4.57 Å². The third-order valence-electron chi connectivity index (χ3n) is 6.96. The van der Waals surface area contributed by atoms with Crippen LogP contribution in [0.1, 0.15) is 16.4 Å². The van der Waals surface area contributed by atoms with E-state index in [1.54, 1.807) is 54.6 Å². The number of carbonyl (C=O) groups is 3. The van der Waals surface area contributed by atoms with Gasteiger partial charge in [-0.25, -0.2) is 4.90 Å². The number of carbonyl (C=O) groups excluding carboxylic acids is 3. The number of anilines is 2. The van der Waals surface area contributed by atoms with Gasteiger partial charge in [-0.2, -0.15) is 0 Å². The summed E-state index contributed by atoms with van der Waals surface area (Å²) in [6, 6.07) is 16.6. The van der Waals surface area contributed by atoms with Crippen LogP contribution in [0.5, 0.6) is 0 Å². The van der Waals surface area contributed by atoms with Crippen LogP contribution in [0.25, 0.3) is 0 Å². The number of aromatic nitrogens is 1. The molecule has 0 saturated carbocycles. The zero-order chi connectivity index (χ0) is 29.9. The zero-order valence-electron chi connectivity index (χ0n) is 20.9. The van der Waals surface area contributed by atoms with Crippen LogP contribution in [0, 0.1) is 5.92 Å². The number of thiazole rings is 1. The topological polar surface area (TPSA) is 88.5 Å². The van der Waals surface area contributed by atoms with Crippen molar-refractivity contribution in [3.05, 3.63) is 105 Å². The van der Waals surface area contributed by atoms with Gasteiger partial charge in [0.1, 0.15) is 11.8 Å². The molecule has 42 heavy (non-hydrogen) atoms. The van der Waals surface area contributed by atoms with Crippen molar-refractivity contribution in [1.29, 1.82) is 0 Å². The fourth-order valence-corrected chi connectivity index (χ4v) is 8.87. The molecule has 0 unspecified atom stereocenters. The predicted octanol–water partition coefficient (Wildman–Crippen LogP) is 7.72. The van der Waals surface area contributed by atoms with E-state index in [4.69, 9.17) is 46.4 Å². The minimum absolute atomic E-state index is 0.230. The first-order chi connectivity index (χ1) is 20.0. The van der Waals surface area contributed by atoms with E-state index >= 15 is 0 Å². The van der Waals surface area contributed by atoms with Gasteiger partial charge in [0.05, 0.1) is 36.7 Å². The molecule has 1 fully saturated rings. The van der Waals surface area contributed by atoms with Gasteiger partial charge < -0.3 is 5.32 Å². The summed E-state index contributed by atoms with van der Waals surface area (Å²) in [5.74, 6) is -2.91. The smallest absolute Gasteiger partial charge is 0.308 e. The standard InChI is InChI=1S/C28H16BrCl4N3O4S2/c29-12-4-7-14(8-5-12)36-25(38)21-20(15-2-1-3-17(31)22(15)33)24-27(41-23(21)26(36)39)35(28(40)42-24)11-19(37)34-13-6-9-16(30)18(32)10-13/h1-10,20-21,23H,11H2,(H,34,37)/t20-,21-,23+/m0/s1. The van der Waals surface area contributed by atoms with Crippen LogP contribution in [-0.2, 0) is 20.9 Å². The molecule has 1 N–H and O–H groups in total. The summed E-state index contributed by atoms with van der Waals surface area (Å²) in [6.45, 7) is -0.330. The molecule has 1 saturated heterocycles. The molecule has 214 valence electrons. The van der Waals surface area contributed by atoms with Gasteiger partial charge in [-0.05, 0) is 54.1 Å². The van der Waals surface area contributed by atoms with Crippen molar-refractivity contribution in [2.45, 2.75) is 22.7 Å². The molecular formula is C28H16BrCl4N3O4S2. The summed E-state index contributed by atoms with van der Waals surface area (Å²) in [5.41, 5.74) is 1.36. The lowest BCUT2D eigenvalue weighted by molar-refractivity contribution is -0.122. The van der Waals surface area contributed by atoms with Crippen LogP contribution in [-0.4, -0.2) is 27.5 Å². The molecule has 2 aliphatic rings. The molecule has 0 radical (unpaired) electrons. The number of hydrogen-bond acceptors (Lipinski definition) is 6. The second-order valence-electron chi connectivity index (χ2n) is 9.47. The van der Waals surface area contributed by atoms with Crippen LogP contribution < -0.4 is 15.1 Å². The Labute approximate surface area is 275 Å². The van der Waals surface area contributed by atoms with Gasteiger partial charge in [-0.1, -0.05) is 97.6 Å². The van der Waals surface area contributed by atoms with E-state index in [1.165, 1.54) is 15.5 Å². The Morgan fingerprint density at radius 2 is 1.64 bits per heavy atom. The number of nitrogens with zero attached hydrogens (tertiary/aromatic N) is 2. The van der Waals surface area contributed by atoms with E-state index in [1.807, 2.05) is 0 Å². The Morgan fingerprint density at radius 3 is 2.36 bits per heavy atom. The summed E-state index contributed by atoms with van der Waals surface area (Å²) in [6.07, 6.45) is 0. The number of fused-ring (bicyclic) bond motifs is 2. The van der Waals surface area contributed by atoms with Crippen LogP contribution in [0.15, 0.2) is 75.0 Å². The number of hydrogen-bond donors (Lipinski definition) is 1. The maximum atomic E-state index is 14.0. The molecule has 3 aromatic carbocycles. The van der Waals surface area contributed by atoms with Gasteiger partial charge >= 0.3 is 4.87 Å². The van der Waals surface area contributed by atoms with Gasteiger partial charge in [0.2, 0.25) is 17.7 Å². The lowest BCUT2D eigenvalue weighted by atomic mass is 9.83. The van der Waals surface area contributed by atoms with E-state index in [9.17, 15) is 19.2 Å². The second-order valence-corrected chi connectivity index (χ2v) is 14.1. The minimum atomic E-state index is -0.868. The predicted molar refractivity (Wildman–Crippen MR) is 172 cm³/mol. The van der Waals surface area contributed by atoms with E-state index < -0.39 is 39.7 Å². The first-order valence-corrected chi connectivity index (χ1v) is 16.3. The van der Waals surface area contributed by atoms with Crippen molar-refractivity contribution in [2.75, 3.05) is 10.2 Å². The average molecular weight is 744 g/mol. The summed E-state index contributed by atoms with van der Waals surface area (Å²) in [4.78, 5) is 55.5. The molecule has 7 nitrogen and oxygen atoms in total. The lowest BCUT2D eigenvalue weighted by Crippen LogP contribution is -2.33. The van der Waals surface area contributed by atoms with Gasteiger partial charge in [0.15, 0.2) is 0 Å². The Balaban J connectivity index is 1.43. The summed E-state index contributed by atoms with van der Waals surface area (Å²) in [7, 11) is 0. The average Bonchev–Trinajstić information content (AvgIpc) is 3.39. The minimum Gasteiger partial charge on any atom is -0.324 e. The maximum absolute atomic E-state index is 14.0. The number of halogens is 5. The molecule has 1 aromatic heterocycles. The number of imide groups is 1. The van der Waals surface area contributed by atoms with Crippen molar-refractivity contribution >= 4 is 115 Å². The number of rotatable bonds is 5. The molecule has 0 spiro atoms. The number of benzene rings is 3. The molecule has 3 heterocycles. The Hall–Kier alpha value is -2.31. The highest BCUT2D eigenvalue weighted by atomic mass is 79.9. The molecule has 2 aliphatic heterocycles. The molecule has 0 aliphatic carbocycles. The lowest BCUT2D eigenvalue weighted by Gasteiger charge is -2.31. The molecular weight excluding hydrogens is 728 g/mol. The number of thioether (sulfide) groups is 1. The van der Waals surface area contributed by atoms with E-state index in [0.29, 0.717) is 31.9 Å². The third kappa shape index (κ3) is 5.21. The fraction of sp³-hybridized carbons (Fsp3) is 0.143. The van der Waals surface area contributed by atoms with Gasteiger partial charge in [0, 0.05) is 21.0 Å². The van der Waals surface area contributed by atoms with Gasteiger partial charge in [-0.3, -0.25) is 23.7 Å². The molecule has 14 heteroatoms. The number of nitrogens with one attached hydrogen (secondary N) is 1. The molecule has 3 amide bonds. The van der Waals surface area contributed by atoms with Gasteiger partial charge in [0.25, 0.3) is 0 Å². The van der Waals surface area contributed by atoms with Crippen molar-refractivity contribution in [3.8, 4) is 0 Å². The highest BCUT2D eigenvalue weighted by Crippen LogP contribution is 2.55. The van der Waals surface area contributed by atoms with Crippen molar-refractivity contribution < 1.29 is 14.4 Å². The van der Waals surface area contributed by atoms with E-state index in [0.717, 1.165) is 27.6 Å². The molecule has 0 bridgehead atoms. The summed E-state index contributed by atoms with van der Waals surface area (Å²) in [5, 5.41) is 3.39. The van der Waals surface area contributed by atoms with E-state index in [2.05, 4.69) is 21.2 Å².